The Morgan fingerprint density at radius 3 is 2.32 bits per heavy atom. The molecule has 0 aromatic heterocycles. The van der Waals surface area contributed by atoms with Crippen LogP contribution in [0, 0.1) is 5.41 Å². The maximum atomic E-state index is 11.9. The van der Waals surface area contributed by atoms with Crippen molar-refractivity contribution >= 4 is 23.4 Å². The Morgan fingerprint density at radius 2 is 1.77 bits per heavy atom. The minimum absolute atomic E-state index is 0.00226. The van der Waals surface area contributed by atoms with Crippen LogP contribution in [0.1, 0.15) is 52.1 Å². The highest BCUT2D eigenvalue weighted by molar-refractivity contribution is 6.30. The van der Waals surface area contributed by atoms with Crippen molar-refractivity contribution in [2.45, 2.75) is 46.6 Å². The topological polar surface area (TPSA) is 58.2 Å². The molecule has 0 spiro atoms. The van der Waals surface area contributed by atoms with Gasteiger partial charge in [0.25, 0.3) is 0 Å². The summed E-state index contributed by atoms with van der Waals surface area (Å²) in [6, 6.07) is 7.35. The average molecular weight is 325 g/mol. The second kappa shape index (κ2) is 8.18. The van der Waals surface area contributed by atoms with Gasteiger partial charge in [0.05, 0.1) is 6.04 Å². The van der Waals surface area contributed by atoms with Gasteiger partial charge >= 0.3 is 0 Å². The van der Waals surface area contributed by atoms with Crippen molar-refractivity contribution in [3.05, 3.63) is 34.9 Å². The highest BCUT2D eigenvalue weighted by atomic mass is 35.5. The quantitative estimate of drug-likeness (QED) is 0.787. The zero-order chi connectivity index (χ0) is 16.8. The van der Waals surface area contributed by atoms with Gasteiger partial charge in [-0.05, 0) is 31.0 Å². The smallest absolute Gasteiger partial charge is 0.225 e. The van der Waals surface area contributed by atoms with Gasteiger partial charge in [-0.15, -0.1) is 0 Å². The fraction of sp³-hybridized carbons (Fsp3) is 0.529. The van der Waals surface area contributed by atoms with Crippen molar-refractivity contribution in [1.29, 1.82) is 0 Å². The van der Waals surface area contributed by atoms with Crippen molar-refractivity contribution in [3.8, 4) is 0 Å². The molecule has 0 aliphatic rings. The van der Waals surface area contributed by atoms with Gasteiger partial charge in [-0.3, -0.25) is 9.59 Å². The van der Waals surface area contributed by atoms with E-state index >= 15 is 0 Å². The molecule has 1 rings (SSSR count). The van der Waals surface area contributed by atoms with Gasteiger partial charge in [0.1, 0.15) is 0 Å². The lowest BCUT2D eigenvalue weighted by Crippen LogP contribution is -2.36. The molecule has 1 unspecified atom stereocenters. The van der Waals surface area contributed by atoms with E-state index in [9.17, 15) is 9.59 Å². The highest BCUT2D eigenvalue weighted by Crippen LogP contribution is 2.16. The molecule has 0 saturated carbocycles. The van der Waals surface area contributed by atoms with Crippen molar-refractivity contribution in [2.75, 3.05) is 6.54 Å². The van der Waals surface area contributed by atoms with Crippen LogP contribution in [0.25, 0.3) is 0 Å². The summed E-state index contributed by atoms with van der Waals surface area (Å²) in [6.45, 7) is 8.04. The van der Waals surface area contributed by atoms with E-state index in [2.05, 4.69) is 10.6 Å². The van der Waals surface area contributed by atoms with Crippen LogP contribution in [0.15, 0.2) is 24.3 Å². The lowest BCUT2D eigenvalue weighted by molar-refractivity contribution is -0.128. The Bertz CT molecular complexity index is 506. The number of halogens is 1. The molecule has 0 fully saturated rings. The van der Waals surface area contributed by atoms with Crippen LogP contribution < -0.4 is 10.6 Å². The first-order chi connectivity index (χ1) is 10.2. The van der Waals surface area contributed by atoms with E-state index in [1.807, 2.05) is 52.0 Å². The van der Waals surface area contributed by atoms with Crippen molar-refractivity contribution in [3.63, 3.8) is 0 Å². The average Bonchev–Trinajstić information content (AvgIpc) is 2.42. The zero-order valence-corrected chi connectivity index (χ0v) is 14.5. The summed E-state index contributed by atoms with van der Waals surface area (Å²) in [7, 11) is 0. The number of carbonyl (C=O) groups is 2. The third kappa shape index (κ3) is 6.48. The first-order valence-electron chi connectivity index (χ1n) is 7.53. The number of amides is 2. The van der Waals surface area contributed by atoms with Gasteiger partial charge in [0, 0.05) is 23.4 Å². The fourth-order valence-corrected chi connectivity index (χ4v) is 1.99. The minimum Gasteiger partial charge on any atom is -0.356 e. The van der Waals surface area contributed by atoms with E-state index in [0.29, 0.717) is 24.4 Å². The molecule has 0 aliphatic heterocycles. The number of hydrogen-bond acceptors (Lipinski definition) is 2. The van der Waals surface area contributed by atoms with Crippen molar-refractivity contribution in [1.82, 2.24) is 10.6 Å². The minimum atomic E-state index is -0.397. The van der Waals surface area contributed by atoms with Crippen molar-refractivity contribution in [2.24, 2.45) is 5.41 Å². The largest absolute Gasteiger partial charge is 0.356 e. The number of carbonyl (C=O) groups excluding carboxylic acids is 2. The van der Waals surface area contributed by atoms with Crippen LogP contribution in [-0.4, -0.2) is 18.4 Å². The second-order valence-corrected chi connectivity index (χ2v) is 6.89. The predicted molar refractivity (Wildman–Crippen MR) is 89.7 cm³/mol. The number of benzene rings is 1. The van der Waals surface area contributed by atoms with E-state index in [0.717, 1.165) is 5.56 Å². The molecule has 0 aliphatic carbocycles. The molecule has 0 bridgehead atoms. The summed E-state index contributed by atoms with van der Waals surface area (Å²) in [5.41, 5.74) is 0.615. The molecule has 122 valence electrons. The van der Waals surface area contributed by atoms with E-state index in [-0.39, 0.29) is 17.9 Å². The molecule has 4 nitrogen and oxygen atoms in total. The second-order valence-electron chi connectivity index (χ2n) is 6.45. The Balaban J connectivity index is 2.29. The molecule has 1 atom stereocenters. The Kier molecular flexibility index (Phi) is 6.88. The van der Waals surface area contributed by atoms with Crippen LogP contribution in [-0.2, 0) is 9.59 Å². The fourth-order valence-electron chi connectivity index (χ4n) is 1.86. The van der Waals surface area contributed by atoms with Gasteiger partial charge in [-0.1, -0.05) is 44.5 Å². The normalized spacial score (nSPS) is 12.6. The summed E-state index contributed by atoms with van der Waals surface area (Å²) in [4.78, 5) is 23.6. The molecule has 2 amide bonds. The summed E-state index contributed by atoms with van der Waals surface area (Å²) in [6.07, 6.45) is 1.02. The SMILES string of the molecule is CC(NC(=O)CCCNC(=O)C(C)(C)C)c1ccc(Cl)cc1. The molecule has 1 aromatic rings. The molecule has 0 heterocycles. The Hall–Kier alpha value is -1.55. The van der Waals surface area contributed by atoms with Gasteiger partial charge in [0.15, 0.2) is 0 Å². The monoisotopic (exact) mass is 324 g/mol. The molecule has 1 aromatic carbocycles. The predicted octanol–water partition coefficient (Wildman–Crippen LogP) is 3.46. The lowest BCUT2D eigenvalue weighted by atomic mass is 9.96. The highest BCUT2D eigenvalue weighted by Gasteiger charge is 2.20. The van der Waals surface area contributed by atoms with E-state index < -0.39 is 5.41 Å². The number of rotatable bonds is 6. The third-order valence-corrected chi connectivity index (χ3v) is 3.55. The Morgan fingerprint density at radius 1 is 1.18 bits per heavy atom. The zero-order valence-electron chi connectivity index (χ0n) is 13.7. The molecule has 22 heavy (non-hydrogen) atoms. The third-order valence-electron chi connectivity index (χ3n) is 3.29. The van der Waals surface area contributed by atoms with Crippen LogP contribution in [0.3, 0.4) is 0 Å². The first kappa shape index (κ1) is 18.5. The first-order valence-corrected chi connectivity index (χ1v) is 7.91. The summed E-state index contributed by atoms with van der Waals surface area (Å²) < 4.78 is 0. The van der Waals surface area contributed by atoms with Crippen LogP contribution in [0.4, 0.5) is 0 Å². The van der Waals surface area contributed by atoms with E-state index in [1.165, 1.54) is 0 Å². The van der Waals surface area contributed by atoms with E-state index in [1.54, 1.807) is 0 Å². The van der Waals surface area contributed by atoms with Crippen LogP contribution in [0.5, 0.6) is 0 Å². The number of hydrogen-bond donors (Lipinski definition) is 2. The van der Waals surface area contributed by atoms with Gasteiger partial charge in [0.2, 0.25) is 11.8 Å². The molecule has 0 saturated heterocycles. The molecular weight excluding hydrogens is 300 g/mol. The van der Waals surface area contributed by atoms with Crippen molar-refractivity contribution < 1.29 is 9.59 Å². The number of nitrogens with one attached hydrogen (secondary N) is 2. The van der Waals surface area contributed by atoms with Gasteiger partial charge in [-0.2, -0.15) is 0 Å². The summed E-state index contributed by atoms with van der Waals surface area (Å²) >= 11 is 5.84. The summed E-state index contributed by atoms with van der Waals surface area (Å²) in [5, 5.41) is 6.45. The molecule has 0 radical (unpaired) electrons. The lowest BCUT2D eigenvalue weighted by Gasteiger charge is -2.18. The van der Waals surface area contributed by atoms with Gasteiger partial charge in [-0.25, -0.2) is 0 Å². The molecule has 5 heteroatoms. The maximum Gasteiger partial charge on any atom is 0.225 e. The van der Waals surface area contributed by atoms with Crippen LogP contribution >= 0.6 is 11.6 Å². The van der Waals surface area contributed by atoms with Crippen LogP contribution in [0.2, 0.25) is 5.02 Å². The standard InChI is InChI=1S/C17H25ClN2O2/c1-12(13-7-9-14(18)10-8-13)20-15(21)6-5-11-19-16(22)17(2,3)4/h7-10,12H,5-6,11H2,1-4H3,(H,19,22)(H,20,21). The Labute approximate surface area is 137 Å². The van der Waals surface area contributed by atoms with E-state index in [4.69, 9.17) is 11.6 Å². The maximum absolute atomic E-state index is 11.9. The summed E-state index contributed by atoms with van der Waals surface area (Å²) in [5.74, 6) is -0.0186. The molecular formula is C17H25ClN2O2. The van der Waals surface area contributed by atoms with Gasteiger partial charge < -0.3 is 10.6 Å². The molecule has 2 N–H and O–H groups in total.